The molecule has 0 aliphatic carbocycles. The molecule has 0 bridgehead atoms. The van der Waals surface area contributed by atoms with Gasteiger partial charge in [-0.25, -0.2) is 8.78 Å². The van der Waals surface area contributed by atoms with Gasteiger partial charge in [-0.3, -0.25) is 0 Å². The summed E-state index contributed by atoms with van der Waals surface area (Å²) in [4.78, 5) is 0. The van der Waals surface area contributed by atoms with Crippen LogP contribution in [0.25, 0.3) is 0 Å². The second-order valence-corrected chi connectivity index (χ2v) is 3.62. The van der Waals surface area contributed by atoms with E-state index in [0.29, 0.717) is 6.54 Å². The molecule has 4 heteroatoms. The van der Waals surface area contributed by atoms with Gasteiger partial charge in [0.1, 0.15) is 0 Å². The lowest BCUT2D eigenvalue weighted by Gasteiger charge is -2.12. The van der Waals surface area contributed by atoms with Gasteiger partial charge in [-0.1, -0.05) is 6.07 Å². The molecule has 0 saturated carbocycles. The van der Waals surface area contributed by atoms with Crippen molar-refractivity contribution in [2.75, 3.05) is 18.5 Å². The van der Waals surface area contributed by atoms with Gasteiger partial charge in [-0.2, -0.15) is 0 Å². The largest absolute Gasteiger partial charge is 0.380 e. The maximum Gasteiger partial charge on any atom is 0.181 e. The van der Waals surface area contributed by atoms with Crippen LogP contribution in [0.5, 0.6) is 0 Å². The van der Waals surface area contributed by atoms with Gasteiger partial charge in [0.2, 0.25) is 0 Å². The number of benzene rings is 1. The van der Waals surface area contributed by atoms with Crippen LogP contribution in [0.4, 0.5) is 14.5 Å². The first-order valence-corrected chi connectivity index (χ1v) is 5.07. The number of anilines is 1. The quantitative estimate of drug-likeness (QED) is 0.833. The summed E-state index contributed by atoms with van der Waals surface area (Å²) in [6.07, 6.45) is 2.13. The van der Waals surface area contributed by atoms with Gasteiger partial charge in [-0.15, -0.1) is 0 Å². The highest BCUT2D eigenvalue weighted by atomic mass is 19.2. The summed E-state index contributed by atoms with van der Waals surface area (Å²) < 4.78 is 31.4. The third-order valence-electron chi connectivity index (χ3n) is 2.50. The Morgan fingerprint density at radius 1 is 1.40 bits per heavy atom. The molecule has 1 fully saturated rings. The average molecular weight is 213 g/mol. The van der Waals surface area contributed by atoms with Crippen LogP contribution in [-0.4, -0.2) is 19.3 Å². The first-order chi connectivity index (χ1) is 7.27. The van der Waals surface area contributed by atoms with Crippen molar-refractivity contribution in [1.29, 1.82) is 0 Å². The number of rotatable bonds is 3. The SMILES string of the molecule is Fc1cccc(NCC2CCCO2)c1F. The van der Waals surface area contributed by atoms with E-state index in [1.807, 2.05) is 0 Å². The number of halogens is 2. The summed E-state index contributed by atoms with van der Waals surface area (Å²) in [6.45, 7) is 1.29. The molecular weight excluding hydrogens is 200 g/mol. The zero-order chi connectivity index (χ0) is 10.7. The Morgan fingerprint density at radius 2 is 2.27 bits per heavy atom. The molecule has 1 saturated heterocycles. The predicted molar refractivity (Wildman–Crippen MR) is 53.8 cm³/mol. The van der Waals surface area contributed by atoms with E-state index in [1.54, 1.807) is 0 Å². The van der Waals surface area contributed by atoms with Crippen LogP contribution in [0.1, 0.15) is 12.8 Å². The van der Waals surface area contributed by atoms with Crippen LogP contribution >= 0.6 is 0 Å². The van der Waals surface area contributed by atoms with Crippen molar-refractivity contribution in [1.82, 2.24) is 0 Å². The molecule has 1 aliphatic heterocycles. The zero-order valence-corrected chi connectivity index (χ0v) is 8.30. The monoisotopic (exact) mass is 213 g/mol. The third kappa shape index (κ3) is 2.45. The van der Waals surface area contributed by atoms with E-state index in [9.17, 15) is 8.78 Å². The molecule has 0 aromatic heterocycles. The summed E-state index contributed by atoms with van der Waals surface area (Å²) >= 11 is 0. The summed E-state index contributed by atoms with van der Waals surface area (Å²) in [5, 5.41) is 2.86. The molecule has 82 valence electrons. The van der Waals surface area contributed by atoms with Crippen molar-refractivity contribution >= 4 is 5.69 Å². The smallest absolute Gasteiger partial charge is 0.181 e. The van der Waals surface area contributed by atoms with Crippen LogP contribution in [0.2, 0.25) is 0 Å². The van der Waals surface area contributed by atoms with Crippen LogP contribution < -0.4 is 5.32 Å². The summed E-state index contributed by atoms with van der Waals surface area (Å²) in [7, 11) is 0. The minimum absolute atomic E-state index is 0.118. The van der Waals surface area contributed by atoms with E-state index in [0.717, 1.165) is 25.5 Å². The van der Waals surface area contributed by atoms with Crippen molar-refractivity contribution in [2.24, 2.45) is 0 Å². The van der Waals surface area contributed by atoms with Gasteiger partial charge in [-0.05, 0) is 25.0 Å². The van der Waals surface area contributed by atoms with Gasteiger partial charge in [0, 0.05) is 13.2 Å². The van der Waals surface area contributed by atoms with Crippen molar-refractivity contribution < 1.29 is 13.5 Å². The Hall–Kier alpha value is -1.16. The minimum Gasteiger partial charge on any atom is -0.380 e. The topological polar surface area (TPSA) is 21.3 Å². The van der Waals surface area contributed by atoms with Crippen molar-refractivity contribution in [3.05, 3.63) is 29.8 Å². The predicted octanol–water partition coefficient (Wildman–Crippen LogP) is 2.56. The fourth-order valence-electron chi connectivity index (χ4n) is 1.67. The maximum absolute atomic E-state index is 13.2. The Kier molecular flexibility index (Phi) is 3.16. The molecule has 2 rings (SSSR count). The third-order valence-corrected chi connectivity index (χ3v) is 2.50. The molecule has 15 heavy (non-hydrogen) atoms. The van der Waals surface area contributed by atoms with Crippen molar-refractivity contribution in [2.45, 2.75) is 18.9 Å². The average Bonchev–Trinajstić information content (AvgIpc) is 2.73. The van der Waals surface area contributed by atoms with E-state index < -0.39 is 11.6 Å². The molecule has 0 spiro atoms. The molecule has 1 aromatic rings. The van der Waals surface area contributed by atoms with Crippen LogP contribution in [-0.2, 0) is 4.74 Å². The standard InChI is InChI=1S/C11H13F2NO/c12-9-4-1-5-10(11(9)13)14-7-8-3-2-6-15-8/h1,4-5,8,14H,2-3,6-7H2. The van der Waals surface area contributed by atoms with Gasteiger partial charge >= 0.3 is 0 Å². The van der Waals surface area contributed by atoms with Gasteiger partial charge < -0.3 is 10.1 Å². The first-order valence-electron chi connectivity index (χ1n) is 5.07. The van der Waals surface area contributed by atoms with E-state index in [2.05, 4.69) is 5.32 Å². The number of nitrogens with one attached hydrogen (secondary N) is 1. The molecule has 0 radical (unpaired) electrons. The van der Waals surface area contributed by atoms with Crippen molar-refractivity contribution in [3.63, 3.8) is 0 Å². The Bertz CT molecular complexity index is 337. The Labute approximate surface area is 87.2 Å². The highest BCUT2D eigenvalue weighted by Crippen LogP contribution is 2.18. The van der Waals surface area contributed by atoms with Crippen LogP contribution in [0.3, 0.4) is 0 Å². The van der Waals surface area contributed by atoms with Crippen LogP contribution in [0, 0.1) is 11.6 Å². The van der Waals surface area contributed by atoms with Gasteiger partial charge in [0.15, 0.2) is 11.6 Å². The second kappa shape index (κ2) is 4.57. The summed E-state index contributed by atoms with van der Waals surface area (Å²) in [6, 6.07) is 4.11. The number of ether oxygens (including phenoxy) is 1. The molecule has 1 aliphatic rings. The highest BCUT2D eigenvalue weighted by Gasteiger charge is 2.16. The molecule has 1 heterocycles. The number of hydrogen-bond acceptors (Lipinski definition) is 2. The van der Waals surface area contributed by atoms with E-state index >= 15 is 0 Å². The number of hydrogen-bond donors (Lipinski definition) is 1. The maximum atomic E-state index is 13.2. The van der Waals surface area contributed by atoms with E-state index in [-0.39, 0.29) is 11.8 Å². The lowest BCUT2D eigenvalue weighted by atomic mass is 10.2. The molecule has 1 unspecified atom stereocenters. The van der Waals surface area contributed by atoms with Crippen molar-refractivity contribution in [3.8, 4) is 0 Å². The summed E-state index contributed by atoms with van der Waals surface area (Å²) in [5.74, 6) is -1.65. The van der Waals surface area contributed by atoms with E-state index in [4.69, 9.17) is 4.74 Å². The fourth-order valence-corrected chi connectivity index (χ4v) is 1.67. The molecule has 2 nitrogen and oxygen atoms in total. The second-order valence-electron chi connectivity index (χ2n) is 3.62. The molecule has 1 atom stereocenters. The first kappa shape index (κ1) is 10.4. The lowest BCUT2D eigenvalue weighted by molar-refractivity contribution is 0.120. The molecule has 1 aromatic carbocycles. The van der Waals surface area contributed by atoms with E-state index in [1.165, 1.54) is 12.1 Å². The normalized spacial score (nSPS) is 20.5. The lowest BCUT2D eigenvalue weighted by Crippen LogP contribution is -2.19. The molecule has 0 amide bonds. The Morgan fingerprint density at radius 3 is 3.00 bits per heavy atom. The fraction of sp³-hybridized carbons (Fsp3) is 0.455. The molecular formula is C11H13F2NO. The highest BCUT2D eigenvalue weighted by molar-refractivity contribution is 5.44. The zero-order valence-electron chi connectivity index (χ0n) is 8.30. The minimum atomic E-state index is -0.827. The Balaban J connectivity index is 1.95. The van der Waals surface area contributed by atoms with Gasteiger partial charge in [0.25, 0.3) is 0 Å². The van der Waals surface area contributed by atoms with Gasteiger partial charge in [0.05, 0.1) is 11.8 Å². The molecule has 1 N–H and O–H groups in total. The van der Waals surface area contributed by atoms with Crippen LogP contribution in [0.15, 0.2) is 18.2 Å². The summed E-state index contributed by atoms with van der Waals surface area (Å²) in [5.41, 5.74) is 0.200.